The number of rotatable bonds is 5. The van der Waals surface area contributed by atoms with E-state index in [-0.39, 0.29) is 6.04 Å². The average molecular weight is 261 g/mol. The largest absolute Gasteiger partial charge is 0.368 e. The van der Waals surface area contributed by atoms with Crippen molar-refractivity contribution in [1.29, 1.82) is 0 Å². The summed E-state index contributed by atoms with van der Waals surface area (Å²) in [7, 11) is 0. The molecule has 0 aromatic carbocycles. The zero-order valence-corrected chi connectivity index (χ0v) is 11.8. The Morgan fingerprint density at radius 2 is 2.37 bits per heavy atom. The molecule has 4 heteroatoms. The third kappa shape index (κ3) is 3.46. The van der Waals surface area contributed by atoms with Crippen molar-refractivity contribution in [3.05, 3.63) is 23.9 Å². The van der Waals surface area contributed by atoms with E-state index in [2.05, 4.69) is 30.2 Å². The van der Waals surface area contributed by atoms with Crippen LogP contribution in [-0.4, -0.2) is 28.9 Å². The number of aromatic nitrogens is 1. The van der Waals surface area contributed by atoms with Crippen LogP contribution < -0.4 is 5.32 Å². The van der Waals surface area contributed by atoms with Crippen molar-refractivity contribution in [2.75, 3.05) is 11.9 Å². The number of nitrogens with one attached hydrogen (secondary N) is 1. The molecule has 1 N–H and O–H groups in total. The fourth-order valence-corrected chi connectivity index (χ4v) is 2.48. The summed E-state index contributed by atoms with van der Waals surface area (Å²) in [5.74, 6) is 0.909. The van der Waals surface area contributed by atoms with Crippen molar-refractivity contribution in [2.45, 2.75) is 51.6 Å². The molecule has 1 aliphatic rings. The van der Waals surface area contributed by atoms with Crippen LogP contribution in [0.1, 0.15) is 51.1 Å². The maximum atomic E-state index is 11.1. The van der Waals surface area contributed by atoms with Crippen LogP contribution in [0, 0.1) is 0 Å². The molecular formula is C15H23N3O. The number of likely N-dealkylation sites (tertiary alicyclic amines) is 1. The third-order valence-corrected chi connectivity index (χ3v) is 3.86. The summed E-state index contributed by atoms with van der Waals surface area (Å²) < 4.78 is 0. The lowest BCUT2D eigenvalue weighted by atomic mass is 9.97. The first-order valence-corrected chi connectivity index (χ1v) is 7.18. The van der Waals surface area contributed by atoms with Crippen molar-refractivity contribution in [3.63, 3.8) is 0 Å². The minimum Gasteiger partial charge on any atom is -0.368 e. The monoisotopic (exact) mass is 261 g/mol. The minimum absolute atomic E-state index is 0.205. The van der Waals surface area contributed by atoms with Crippen LogP contribution in [0.4, 0.5) is 5.82 Å². The number of nitrogens with zero attached hydrogens (tertiary/aromatic N) is 2. The highest BCUT2D eigenvalue weighted by Crippen LogP contribution is 2.29. The van der Waals surface area contributed by atoms with Gasteiger partial charge in [0, 0.05) is 18.8 Å². The molecule has 0 saturated carbocycles. The number of carbonyl (C=O) groups excluding carboxylic acids is 1. The molecule has 19 heavy (non-hydrogen) atoms. The van der Waals surface area contributed by atoms with Gasteiger partial charge in [0.05, 0.1) is 6.04 Å². The summed E-state index contributed by atoms with van der Waals surface area (Å²) in [6.07, 6.45) is 7.27. The van der Waals surface area contributed by atoms with Gasteiger partial charge in [-0.25, -0.2) is 4.98 Å². The summed E-state index contributed by atoms with van der Waals surface area (Å²) in [5, 5.41) is 3.35. The van der Waals surface area contributed by atoms with Gasteiger partial charge in [0.2, 0.25) is 6.41 Å². The number of carbonyl (C=O) groups is 1. The molecule has 1 aromatic heterocycles. The normalized spacial score (nSPS) is 20.9. The Morgan fingerprint density at radius 3 is 3.00 bits per heavy atom. The molecule has 0 spiro atoms. The Balaban J connectivity index is 2.06. The lowest BCUT2D eigenvalue weighted by Gasteiger charge is -2.32. The number of hydrogen-bond acceptors (Lipinski definition) is 3. The lowest BCUT2D eigenvalue weighted by molar-refractivity contribution is -0.121. The molecule has 0 bridgehead atoms. The molecule has 0 radical (unpaired) electrons. The standard InChI is InChI=1S/C15H23N3O/c1-3-12(2)17-15-8-7-13(10-16-15)14-6-4-5-9-18(14)11-19/h7-8,10-12,14H,3-6,9H2,1-2H3,(H,16,17)/t12-,14+/m1/s1. The number of pyridine rings is 1. The summed E-state index contributed by atoms with van der Waals surface area (Å²) in [6, 6.07) is 4.74. The molecule has 1 fully saturated rings. The first-order chi connectivity index (χ1) is 9.24. The molecule has 1 amide bonds. The van der Waals surface area contributed by atoms with Gasteiger partial charge in [0.25, 0.3) is 0 Å². The Kier molecular flexibility index (Phi) is 4.77. The van der Waals surface area contributed by atoms with Crippen molar-refractivity contribution in [3.8, 4) is 0 Å². The van der Waals surface area contributed by atoms with Crippen molar-refractivity contribution in [1.82, 2.24) is 9.88 Å². The van der Waals surface area contributed by atoms with Gasteiger partial charge in [0.15, 0.2) is 0 Å². The van der Waals surface area contributed by atoms with Gasteiger partial charge < -0.3 is 10.2 Å². The molecule has 104 valence electrons. The van der Waals surface area contributed by atoms with Gasteiger partial charge >= 0.3 is 0 Å². The molecular weight excluding hydrogens is 238 g/mol. The van der Waals surface area contributed by atoms with E-state index in [1.54, 1.807) is 0 Å². The maximum absolute atomic E-state index is 11.1. The quantitative estimate of drug-likeness (QED) is 0.829. The minimum atomic E-state index is 0.205. The van der Waals surface area contributed by atoms with E-state index in [9.17, 15) is 4.79 Å². The molecule has 4 nitrogen and oxygen atoms in total. The molecule has 0 unspecified atom stereocenters. The highest BCUT2D eigenvalue weighted by molar-refractivity contribution is 5.49. The van der Waals surface area contributed by atoms with E-state index in [0.717, 1.165) is 43.6 Å². The summed E-state index contributed by atoms with van der Waals surface area (Å²) in [4.78, 5) is 17.4. The summed E-state index contributed by atoms with van der Waals surface area (Å²) in [6.45, 7) is 5.15. The molecule has 1 aliphatic heterocycles. The Hall–Kier alpha value is -1.58. The highest BCUT2D eigenvalue weighted by atomic mass is 16.1. The van der Waals surface area contributed by atoms with Crippen molar-refractivity contribution < 1.29 is 4.79 Å². The smallest absolute Gasteiger partial charge is 0.210 e. The van der Waals surface area contributed by atoms with Gasteiger partial charge in [-0.1, -0.05) is 13.0 Å². The SMILES string of the molecule is CC[C@@H](C)Nc1ccc([C@@H]2CCCCN2C=O)cn1. The van der Waals surface area contributed by atoms with Gasteiger partial charge in [0.1, 0.15) is 5.82 Å². The van der Waals surface area contributed by atoms with Gasteiger partial charge in [-0.05, 0) is 44.2 Å². The van der Waals surface area contributed by atoms with Gasteiger partial charge in [-0.15, -0.1) is 0 Å². The van der Waals surface area contributed by atoms with E-state index in [4.69, 9.17) is 0 Å². The number of piperidine rings is 1. The first-order valence-electron chi connectivity index (χ1n) is 7.18. The fraction of sp³-hybridized carbons (Fsp3) is 0.600. The van der Waals surface area contributed by atoms with E-state index in [1.165, 1.54) is 6.42 Å². The van der Waals surface area contributed by atoms with Crippen LogP contribution in [-0.2, 0) is 4.79 Å². The van der Waals surface area contributed by atoms with E-state index in [0.29, 0.717) is 6.04 Å². The first kappa shape index (κ1) is 13.8. The maximum Gasteiger partial charge on any atom is 0.210 e. The summed E-state index contributed by atoms with van der Waals surface area (Å²) in [5.41, 5.74) is 1.14. The third-order valence-electron chi connectivity index (χ3n) is 3.86. The molecule has 1 saturated heterocycles. The number of hydrogen-bond donors (Lipinski definition) is 1. The Labute approximate surface area is 115 Å². The zero-order valence-electron chi connectivity index (χ0n) is 11.8. The zero-order chi connectivity index (χ0) is 13.7. The van der Waals surface area contributed by atoms with Crippen molar-refractivity contribution in [2.24, 2.45) is 0 Å². The van der Waals surface area contributed by atoms with Crippen LogP contribution in [0.3, 0.4) is 0 Å². The number of anilines is 1. The fourth-order valence-electron chi connectivity index (χ4n) is 2.48. The molecule has 2 heterocycles. The molecule has 0 aliphatic carbocycles. The summed E-state index contributed by atoms with van der Waals surface area (Å²) >= 11 is 0. The van der Waals surface area contributed by atoms with E-state index >= 15 is 0 Å². The van der Waals surface area contributed by atoms with Crippen LogP contribution in [0.5, 0.6) is 0 Å². The average Bonchev–Trinajstić information content (AvgIpc) is 2.48. The Morgan fingerprint density at radius 1 is 1.53 bits per heavy atom. The molecule has 2 rings (SSSR count). The topological polar surface area (TPSA) is 45.2 Å². The second-order valence-electron chi connectivity index (χ2n) is 5.29. The highest BCUT2D eigenvalue weighted by Gasteiger charge is 2.22. The number of amides is 1. The predicted molar refractivity (Wildman–Crippen MR) is 77.0 cm³/mol. The van der Waals surface area contributed by atoms with Crippen LogP contribution in [0.15, 0.2) is 18.3 Å². The van der Waals surface area contributed by atoms with Gasteiger partial charge in [-0.2, -0.15) is 0 Å². The predicted octanol–water partition coefficient (Wildman–Crippen LogP) is 2.98. The van der Waals surface area contributed by atoms with Crippen molar-refractivity contribution >= 4 is 12.2 Å². The van der Waals surface area contributed by atoms with Gasteiger partial charge in [-0.3, -0.25) is 4.79 Å². The lowest BCUT2D eigenvalue weighted by Crippen LogP contribution is -2.32. The Bertz CT molecular complexity index is 404. The van der Waals surface area contributed by atoms with Crippen LogP contribution >= 0.6 is 0 Å². The van der Waals surface area contributed by atoms with Crippen LogP contribution in [0.2, 0.25) is 0 Å². The van der Waals surface area contributed by atoms with E-state index in [1.807, 2.05) is 17.2 Å². The molecule has 1 aromatic rings. The van der Waals surface area contributed by atoms with E-state index < -0.39 is 0 Å². The van der Waals surface area contributed by atoms with Crippen LogP contribution in [0.25, 0.3) is 0 Å². The molecule has 2 atom stereocenters. The second-order valence-corrected chi connectivity index (χ2v) is 5.29. The second kappa shape index (κ2) is 6.55.